The van der Waals surface area contributed by atoms with Crippen LogP contribution in [0.1, 0.15) is 111 Å². The first kappa shape index (κ1) is 26.7. The number of aliphatic hydroxyl groups is 2. The topological polar surface area (TPSA) is 110 Å². The van der Waals surface area contributed by atoms with Gasteiger partial charge in [-0.25, -0.2) is 0 Å². The number of hydrogen-bond acceptors (Lipinski definition) is 7. The maximum Gasteiger partial charge on any atom is 0.309 e. The van der Waals surface area contributed by atoms with E-state index in [1.807, 2.05) is 27.7 Å². The van der Waals surface area contributed by atoms with Gasteiger partial charge in [-0.2, -0.15) is 0 Å². The van der Waals surface area contributed by atoms with E-state index < -0.39 is 39.7 Å². The molecule has 0 saturated heterocycles. The van der Waals surface area contributed by atoms with Crippen LogP contribution in [0.2, 0.25) is 0 Å². The Morgan fingerprint density at radius 1 is 0.921 bits per heavy atom. The fourth-order valence-corrected chi connectivity index (χ4v) is 10.5. The average molecular weight is 531 g/mol. The number of carbonyl (C=O) groups excluding carboxylic acids is 3. The smallest absolute Gasteiger partial charge is 0.309 e. The van der Waals surface area contributed by atoms with E-state index in [1.165, 1.54) is 0 Å². The summed E-state index contributed by atoms with van der Waals surface area (Å²) in [5, 5.41) is 22.5. The number of Topliss-reactive ketones (excluding diaryl/α,β-unsaturated/α-hetero) is 1. The molecule has 8 aliphatic rings. The zero-order valence-corrected chi connectivity index (χ0v) is 23.6. The van der Waals surface area contributed by atoms with Crippen LogP contribution in [-0.4, -0.2) is 50.3 Å². The van der Waals surface area contributed by atoms with Crippen LogP contribution >= 0.6 is 0 Å². The van der Waals surface area contributed by atoms with Gasteiger partial charge in [-0.15, -0.1) is 0 Å². The molecular formula is C31H46O7. The molecule has 7 nitrogen and oxygen atoms in total. The van der Waals surface area contributed by atoms with Gasteiger partial charge < -0.3 is 19.7 Å². The molecule has 4 unspecified atom stereocenters. The van der Waals surface area contributed by atoms with Crippen molar-refractivity contribution in [3.8, 4) is 0 Å². The minimum absolute atomic E-state index is 0.0469. The minimum atomic E-state index is -0.887. The zero-order valence-electron chi connectivity index (χ0n) is 23.6. The van der Waals surface area contributed by atoms with Gasteiger partial charge in [0.1, 0.15) is 17.0 Å². The molecule has 38 heavy (non-hydrogen) atoms. The molecule has 0 aliphatic heterocycles. The molecule has 2 N–H and O–H groups in total. The van der Waals surface area contributed by atoms with Crippen LogP contribution in [0.4, 0.5) is 0 Å². The zero-order chi connectivity index (χ0) is 27.3. The van der Waals surface area contributed by atoms with Crippen LogP contribution in [0.25, 0.3) is 0 Å². The van der Waals surface area contributed by atoms with Crippen molar-refractivity contribution in [1.29, 1.82) is 0 Å². The summed E-state index contributed by atoms with van der Waals surface area (Å²) in [4.78, 5) is 39.3. The number of ketones is 1. The minimum Gasteiger partial charge on any atom is -0.459 e. The Bertz CT molecular complexity index is 995. The Balaban J connectivity index is 1.10. The molecule has 0 aromatic rings. The van der Waals surface area contributed by atoms with Crippen LogP contribution in [0.15, 0.2) is 0 Å². The molecule has 7 heteroatoms. The lowest BCUT2D eigenvalue weighted by atomic mass is 9.43. The van der Waals surface area contributed by atoms with E-state index in [0.29, 0.717) is 56.6 Å². The van der Waals surface area contributed by atoms with Gasteiger partial charge in [0.2, 0.25) is 0 Å². The summed E-state index contributed by atoms with van der Waals surface area (Å²) in [6, 6.07) is 0. The molecule has 8 rings (SSSR count). The molecular weight excluding hydrogens is 484 g/mol. The predicted octanol–water partition coefficient (Wildman–Crippen LogP) is 4.50. The molecule has 0 spiro atoms. The molecule has 8 fully saturated rings. The van der Waals surface area contributed by atoms with Gasteiger partial charge in [-0.05, 0) is 103 Å². The van der Waals surface area contributed by atoms with E-state index in [2.05, 4.69) is 0 Å². The second kappa shape index (κ2) is 8.52. The van der Waals surface area contributed by atoms with Crippen molar-refractivity contribution >= 4 is 17.7 Å². The Kier molecular flexibility index (Phi) is 5.99. The maximum absolute atomic E-state index is 13.5. The number of hydrogen-bond donors (Lipinski definition) is 2. The third-order valence-electron chi connectivity index (χ3n) is 11.8. The third kappa shape index (κ3) is 4.25. The molecule has 0 heterocycles. The quantitative estimate of drug-likeness (QED) is 0.445. The first-order valence-electron chi connectivity index (χ1n) is 15.1. The van der Waals surface area contributed by atoms with Crippen molar-refractivity contribution in [1.82, 2.24) is 0 Å². The Hall–Kier alpha value is -1.47. The van der Waals surface area contributed by atoms with Crippen molar-refractivity contribution in [2.45, 2.75) is 134 Å². The number of rotatable bonds is 8. The highest BCUT2D eigenvalue weighted by Crippen LogP contribution is 2.67. The predicted molar refractivity (Wildman–Crippen MR) is 139 cm³/mol. The van der Waals surface area contributed by atoms with E-state index in [0.717, 1.165) is 38.5 Å². The van der Waals surface area contributed by atoms with Gasteiger partial charge in [0.25, 0.3) is 0 Å². The largest absolute Gasteiger partial charge is 0.459 e. The lowest BCUT2D eigenvalue weighted by Gasteiger charge is -2.66. The second-order valence-electron chi connectivity index (χ2n) is 15.3. The van der Waals surface area contributed by atoms with Gasteiger partial charge in [-0.3, -0.25) is 14.4 Å². The second-order valence-corrected chi connectivity index (χ2v) is 15.3. The fraction of sp³-hybridized carbons (Fsp3) is 0.903. The van der Waals surface area contributed by atoms with Crippen molar-refractivity contribution < 1.29 is 34.1 Å². The molecule has 8 aliphatic carbocycles. The van der Waals surface area contributed by atoms with Gasteiger partial charge in [0.05, 0.1) is 23.0 Å². The van der Waals surface area contributed by atoms with Crippen molar-refractivity contribution in [3.63, 3.8) is 0 Å². The van der Waals surface area contributed by atoms with E-state index in [1.54, 1.807) is 0 Å². The molecule has 8 saturated carbocycles. The van der Waals surface area contributed by atoms with Crippen LogP contribution in [-0.2, 0) is 23.9 Å². The van der Waals surface area contributed by atoms with Crippen molar-refractivity contribution in [2.75, 3.05) is 0 Å². The summed E-state index contributed by atoms with van der Waals surface area (Å²) in [5.74, 6) is -0.269. The highest BCUT2D eigenvalue weighted by Gasteiger charge is 2.67. The van der Waals surface area contributed by atoms with E-state index >= 15 is 0 Å². The van der Waals surface area contributed by atoms with Crippen LogP contribution < -0.4 is 0 Å². The Labute approximate surface area is 226 Å². The monoisotopic (exact) mass is 530 g/mol. The third-order valence-corrected chi connectivity index (χ3v) is 11.8. The van der Waals surface area contributed by atoms with Crippen LogP contribution in [0.3, 0.4) is 0 Å². The Morgan fingerprint density at radius 2 is 1.53 bits per heavy atom. The highest BCUT2D eigenvalue weighted by atomic mass is 16.6. The summed E-state index contributed by atoms with van der Waals surface area (Å²) < 4.78 is 12.4. The SMILES string of the molecule is CCC(CC(C)C(=O)OC12CC3C[C@@H](C1)C(=O)[C@@H](C3)C2)C(=O)OC(C)(C)C12C[C@@H]3CC(O)(C1)C[C@](O)(C3)C2. The molecule has 8 bridgehead atoms. The van der Waals surface area contributed by atoms with E-state index in [4.69, 9.17) is 9.47 Å². The summed E-state index contributed by atoms with van der Waals surface area (Å²) in [6.07, 6.45) is 8.79. The molecule has 0 aromatic heterocycles. The summed E-state index contributed by atoms with van der Waals surface area (Å²) in [6.45, 7) is 7.64. The lowest BCUT2D eigenvalue weighted by Crippen LogP contribution is -2.68. The molecule has 0 aromatic carbocycles. The first-order chi connectivity index (χ1) is 17.7. The standard InChI is InChI=1S/C31H46O7/c1-5-21(6-18(2)25(33)38-31-12-19-7-22(13-31)24(32)23(8-19)14-31)26(34)37-27(3,4)28-9-20-10-29(35,15-28)17-30(36,11-20)16-28/h18-23,35-36H,5-17H2,1-4H3/t18?,19?,20-,21?,22-,23-,28?,29-,30?,31?/m0/s1. The molecule has 212 valence electrons. The first-order valence-corrected chi connectivity index (χ1v) is 15.1. The summed E-state index contributed by atoms with van der Waals surface area (Å²) >= 11 is 0. The fourth-order valence-electron chi connectivity index (χ4n) is 10.5. The average Bonchev–Trinajstić information content (AvgIpc) is 2.77. The number of carbonyl (C=O) groups is 3. The Morgan fingerprint density at radius 3 is 2.08 bits per heavy atom. The van der Waals surface area contributed by atoms with Crippen molar-refractivity contribution in [2.24, 2.45) is 40.9 Å². The number of esters is 2. The summed E-state index contributed by atoms with van der Waals surface area (Å²) in [7, 11) is 0. The van der Waals surface area contributed by atoms with Crippen molar-refractivity contribution in [3.05, 3.63) is 0 Å². The van der Waals surface area contributed by atoms with Crippen LogP contribution in [0, 0.1) is 40.9 Å². The molecule has 0 radical (unpaired) electrons. The van der Waals surface area contributed by atoms with Gasteiger partial charge in [0, 0.05) is 23.7 Å². The van der Waals surface area contributed by atoms with Gasteiger partial charge in [0.15, 0.2) is 0 Å². The molecule has 8 atom stereocenters. The van der Waals surface area contributed by atoms with E-state index in [9.17, 15) is 24.6 Å². The van der Waals surface area contributed by atoms with Gasteiger partial charge >= 0.3 is 11.9 Å². The lowest BCUT2D eigenvalue weighted by molar-refractivity contribution is -0.273. The summed E-state index contributed by atoms with van der Waals surface area (Å²) in [5.41, 5.74) is -3.57. The highest BCUT2D eigenvalue weighted by molar-refractivity contribution is 5.86. The van der Waals surface area contributed by atoms with E-state index in [-0.39, 0.29) is 29.7 Å². The van der Waals surface area contributed by atoms with Crippen LogP contribution in [0.5, 0.6) is 0 Å². The molecule has 0 amide bonds. The number of ether oxygens (including phenoxy) is 2. The normalized spacial score (nSPS) is 46.2. The van der Waals surface area contributed by atoms with Gasteiger partial charge in [-0.1, -0.05) is 13.8 Å². The maximum atomic E-state index is 13.5.